The summed E-state index contributed by atoms with van der Waals surface area (Å²) in [5.74, 6) is 1.60. The Morgan fingerprint density at radius 2 is 1.79 bits per heavy atom. The van der Waals surface area contributed by atoms with Crippen LogP contribution in [0.2, 0.25) is 0 Å². The summed E-state index contributed by atoms with van der Waals surface area (Å²) < 4.78 is 5.65. The smallest absolute Gasteiger partial charge is 0.226 e. The van der Waals surface area contributed by atoms with Crippen molar-refractivity contribution < 1.29 is 4.42 Å². The van der Waals surface area contributed by atoms with Crippen LogP contribution in [-0.2, 0) is 0 Å². The molecule has 1 fully saturated rings. The molecule has 100 valence electrons. The van der Waals surface area contributed by atoms with Gasteiger partial charge in [-0.25, -0.2) is 4.98 Å². The van der Waals surface area contributed by atoms with Crippen molar-refractivity contribution >= 4 is 5.69 Å². The number of piperazine rings is 1. The van der Waals surface area contributed by atoms with E-state index in [4.69, 9.17) is 4.42 Å². The number of aromatic nitrogens is 1. The number of hydrogen-bond acceptors (Lipinski definition) is 4. The van der Waals surface area contributed by atoms with Crippen LogP contribution in [0.4, 0.5) is 5.69 Å². The molecule has 0 saturated carbocycles. The molecular formula is C15H19N3O. The van der Waals surface area contributed by atoms with Crippen LogP contribution in [0.1, 0.15) is 11.5 Å². The first-order valence-corrected chi connectivity index (χ1v) is 6.74. The first kappa shape index (κ1) is 12.2. The zero-order chi connectivity index (χ0) is 13.2. The second-order valence-corrected chi connectivity index (χ2v) is 4.94. The van der Waals surface area contributed by atoms with Crippen LogP contribution >= 0.6 is 0 Å². The van der Waals surface area contributed by atoms with Gasteiger partial charge >= 0.3 is 0 Å². The number of rotatable bonds is 2. The number of benzene rings is 1. The molecule has 1 aliphatic heterocycles. The molecule has 1 aromatic carbocycles. The van der Waals surface area contributed by atoms with E-state index < -0.39 is 0 Å². The van der Waals surface area contributed by atoms with Gasteiger partial charge in [-0.3, -0.25) is 0 Å². The molecule has 0 aliphatic carbocycles. The highest BCUT2D eigenvalue weighted by molar-refractivity contribution is 5.59. The van der Waals surface area contributed by atoms with Crippen LogP contribution in [0, 0.1) is 13.8 Å². The molecule has 0 amide bonds. The molecule has 0 spiro atoms. The van der Waals surface area contributed by atoms with Gasteiger partial charge in [-0.05, 0) is 38.1 Å². The van der Waals surface area contributed by atoms with E-state index in [1.807, 2.05) is 13.8 Å². The summed E-state index contributed by atoms with van der Waals surface area (Å²) in [7, 11) is 0. The minimum Gasteiger partial charge on any atom is -0.441 e. The van der Waals surface area contributed by atoms with E-state index in [1.54, 1.807) is 0 Å². The Hall–Kier alpha value is -1.81. The third-order valence-electron chi connectivity index (χ3n) is 3.62. The number of nitrogens with zero attached hydrogens (tertiary/aromatic N) is 2. The second-order valence-electron chi connectivity index (χ2n) is 4.94. The van der Waals surface area contributed by atoms with Crippen LogP contribution in [0.3, 0.4) is 0 Å². The molecule has 2 heterocycles. The Morgan fingerprint density at radius 3 is 2.37 bits per heavy atom. The molecule has 4 heteroatoms. The maximum absolute atomic E-state index is 5.65. The second kappa shape index (κ2) is 5.05. The fourth-order valence-corrected chi connectivity index (χ4v) is 2.33. The topological polar surface area (TPSA) is 41.3 Å². The van der Waals surface area contributed by atoms with E-state index in [-0.39, 0.29) is 0 Å². The van der Waals surface area contributed by atoms with Crippen molar-refractivity contribution in [1.29, 1.82) is 0 Å². The molecule has 0 atom stereocenters. The van der Waals surface area contributed by atoms with Crippen molar-refractivity contribution in [3.05, 3.63) is 35.7 Å². The van der Waals surface area contributed by atoms with Crippen molar-refractivity contribution in [1.82, 2.24) is 10.3 Å². The summed E-state index contributed by atoms with van der Waals surface area (Å²) in [4.78, 5) is 6.83. The highest BCUT2D eigenvalue weighted by Crippen LogP contribution is 2.24. The van der Waals surface area contributed by atoms with Gasteiger partial charge in [-0.2, -0.15) is 0 Å². The van der Waals surface area contributed by atoms with Crippen molar-refractivity contribution in [3.8, 4) is 11.5 Å². The Bertz CT molecular complexity index is 534. The van der Waals surface area contributed by atoms with Crippen molar-refractivity contribution in [2.45, 2.75) is 13.8 Å². The Kier molecular flexibility index (Phi) is 3.25. The SMILES string of the molecule is Cc1nc(-c2ccc(N3CCNCC3)cc2)oc1C. The summed E-state index contributed by atoms with van der Waals surface area (Å²) in [6, 6.07) is 8.47. The molecular weight excluding hydrogens is 238 g/mol. The van der Waals surface area contributed by atoms with Gasteiger partial charge in [-0.1, -0.05) is 0 Å². The van der Waals surface area contributed by atoms with Gasteiger partial charge in [0.05, 0.1) is 5.69 Å². The van der Waals surface area contributed by atoms with E-state index in [0.29, 0.717) is 5.89 Å². The highest BCUT2D eigenvalue weighted by Gasteiger charge is 2.12. The summed E-state index contributed by atoms with van der Waals surface area (Å²) in [6.45, 7) is 8.16. The lowest BCUT2D eigenvalue weighted by Crippen LogP contribution is -2.43. The zero-order valence-electron chi connectivity index (χ0n) is 11.4. The highest BCUT2D eigenvalue weighted by atomic mass is 16.4. The molecule has 0 radical (unpaired) electrons. The van der Waals surface area contributed by atoms with Crippen molar-refractivity contribution in [2.75, 3.05) is 31.1 Å². The number of anilines is 1. The van der Waals surface area contributed by atoms with Gasteiger partial charge < -0.3 is 14.6 Å². The van der Waals surface area contributed by atoms with Gasteiger partial charge in [-0.15, -0.1) is 0 Å². The number of oxazole rings is 1. The maximum atomic E-state index is 5.65. The number of nitrogens with one attached hydrogen (secondary N) is 1. The average Bonchev–Trinajstić information content (AvgIpc) is 2.80. The lowest BCUT2D eigenvalue weighted by Gasteiger charge is -2.29. The van der Waals surface area contributed by atoms with Gasteiger partial charge in [0, 0.05) is 37.4 Å². The van der Waals surface area contributed by atoms with Gasteiger partial charge in [0.25, 0.3) is 0 Å². The summed E-state index contributed by atoms with van der Waals surface area (Å²) in [6.07, 6.45) is 0. The molecule has 3 rings (SSSR count). The average molecular weight is 257 g/mol. The minimum atomic E-state index is 0.710. The molecule has 19 heavy (non-hydrogen) atoms. The van der Waals surface area contributed by atoms with Gasteiger partial charge in [0.2, 0.25) is 5.89 Å². The Balaban J connectivity index is 1.82. The third kappa shape index (κ3) is 2.49. The molecule has 1 aliphatic rings. The van der Waals surface area contributed by atoms with E-state index >= 15 is 0 Å². The van der Waals surface area contributed by atoms with Gasteiger partial charge in [0.1, 0.15) is 5.76 Å². The Labute approximate surface area is 113 Å². The molecule has 4 nitrogen and oxygen atoms in total. The van der Waals surface area contributed by atoms with Gasteiger partial charge in [0.15, 0.2) is 0 Å². The monoisotopic (exact) mass is 257 g/mol. The lowest BCUT2D eigenvalue weighted by molar-refractivity contribution is 0.541. The minimum absolute atomic E-state index is 0.710. The molecule has 0 unspecified atom stereocenters. The zero-order valence-corrected chi connectivity index (χ0v) is 11.4. The third-order valence-corrected chi connectivity index (χ3v) is 3.62. The van der Waals surface area contributed by atoms with Crippen molar-refractivity contribution in [3.63, 3.8) is 0 Å². The van der Waals surface area contributed by atoms with Crippen LogP contribution in [0.5, 0.6) is 0 Å². The molecule has 1 saturated heterocycles. The van der Waals surface area contributed by atoms with Crippen LogP contribution in [-0.4, -0.2) is 31.2 Å². The largest absolute Gasteiger partial charge is 0.441 e. The van der Waals surface area contributed by atoms with Crippen molar-refractivity contribution in [2.24, 2.45) is 0 Å². The summed E-state index contributed by atoms with van der Waals surface area (Å²) in [5, 5.41) is 3.36. The predicted octanol–water partition coefficient (Wildman–Crippen LogP) is 2.37. The molecule has 1 N–H and O–H groups in total. The van der Waals surface area contributed by atoms with Crippen LogP contribution in [0.25, 0.3) is 11.5 Å². The van der Waals surface area contributed by atoms with E-state index in [1.165, 1.54) is 5.69 Å². The quantitative estimate of drug-likeness (QED) is 0.896. The first-order valence-electron chi connectivity index (χ1n) is 6.74. The molecule has 0 bridgehead atoms. The van der Waals surface area contributed by atoms with E-state index in [9.17, 15) is 0 Å². The normalized spacial score (nSPS) is 15.8. The number of hydrogen-bond donors (Lipinski definition) is 1. The maximum Gasteiger partial charge on any atom is 0.226 e. The molecule has 1 aromatic heterocycles. The fraction of sp³-hybridized carbons (Fsp3) is 0.400. The van der Waals surface area contributed by atoms with E-state index in [2.05, 4.69) is 39.5 Å². The lowest BCUT2D eigenvalue weighted by atomic mass is 10.2. The first-order chi connectivity index (χ1) is 9.24. The summed E-state index contributed by atoms with van der Waals surface area (Å²) in [5.41, 5.74) is 3.27. The molecule has 2 aromatic rings. The van der Waals surface area contributed by atoms with Crippen LogP contribution < -0.4 is 10.2 Å². The van der Waals surface area contributed by atoms with E-state index in [0.717, 1.165) is 43.2 Å². The number of aryl methyl sites for hydroxylation is 2. The predicted molar refractivity (Wildman–Crippen MR) is 76.5 cm³/mol. The fourth-order valence-electron chi connectivity index (χ4n) is 2.33. The van der Waals surface area contributed by atoms with Crippen LogP contribution in [0.15, 0.2) is 28.7 Å². The Morgan fingerprint density at radius 1 is 1.11 bits per heavy atom. The standard InChI is InChI=1S/C15H19N3O/c1-11-12(2)19-15(17-11)13-3-5-14(6-4-13)18-9-7-16-8-10-18/h3-6,16H,7-10H2,1-2H3. The summed E-state index contributed by atoms with van der Waals surface area (Å²) >= 11 is 0.